The summed E-state index contributed by atoms with van der Waals surface area (Å²) < 4.78 is 24.5. The van der Waals surface area contributed by atoms with E-state index in [0.29, 0.717) is 52.5 Å². The second kappa shape index (κ2) is 18.2. The molecule has 7 rings (SSSR count). The van der Waals surface area contributed by atoms with Crippen LogP contribution in [-0.2, 0) is 9.47 Å². The highest BCUT2D eigenvalue weighted by Gasteiger charge is 2.17. The molecule has 0 atom stereocenters. The van der Waals surface area contributed by atoms with Crippen molar-refractivity contribution in [2.24, 2.45) is 0 Å². The lowest BCUT2D eigenvalue weighted by Gasteiger charge is -2.09. The highest BCUT2D eigenvalue weighted by atomic mass is 79.9. The van der Waals surface area contributed by atoms with E-state index < -0.39 is 0 Å². The number of halogens is 2. The third-order valence-electron chi connectivity index (χ3n) is 8.80. The lowest BCUT2D eigenvalue weighted by atomic mass is 10.0. The Morgan fingerprint density at radius 3 is 1.26 bits per heavy atom. The maximum atomic E-state index is 8.94. The van der Waals surface area contributed by atoms with Crippen LogP contribution in [-0.4, -0.2) is 83.0 Å². The summed E-state index contributed by atoms with van der Waals surface area (Å²) in [6, 6.07) is 24.2. The topological polar surface area (TPSA) is 135 Å². The van der Waals surface area contributed by atoms with E-state index in [0.717, 1.165) is 87.5 Å². The van der Waals surface area contributed by atoms with E-state index in [-0.39, 0.29) is 13.2 Å². The average Bonchev–Trinajstić information content (AvgIpc) is 4.04. The number of H-pyrrole nitrogens is 2. The second-order valence-electron chi connectivity index (χ2n) is 12.5. The smallest absolute Gasteiger partial charge is 0.119 e. The van der Waals surface area contributed by atoms with Crippen LogP contribution < -0.4 is 9.47 Å². The molecule has 10 nitrogen and oxygen atoms in total. The van der Waals surface area contributed by atoms with Gasteiger partial charge in [-0.15, -0.1) is 0 Å². The first kappa shape index (κ1) is 37.7. The summed E-state index contributed by atoms with van der Waals surface area (Å²) in [5.41, 5.74) is 10.6. The van der Waals surface area contributed by atoms with E-state index in [9.17, 15) is 0 Å². The molecule has 2 aliphatic heterocycles. The number of aromatic amines is 2. The molecule has 2 aromatic carbocycles. The molecule has 0 radical (unpaired) electrons. The van der Waals surface area contributed by atoms with Crippen LogP contribution in [0.25, 0.3) is 68.6 Å². The summed E-state index contributed by atoms with van der Waals surface area (Å²) in [5.74, 6) is 1.48. The number of ether oxygens (including phenoxy) is 4. The van der Waals surface area contributed by atoms with Crippen molar-refractivity contribution >= 4 is 78.2 Å². The molecular weight excluding hydrogens is 816 g/mol. The molecule has 0 amide bonds. The van der Waals surface area contributed by atoms with Gasteiger partial charge in [-0.2, -0.15) is 0 Å². The van der Waals surface area contributed by atoms with Crippen molar-refractivity contribution in [2.75, 3.05) is 52.9 Å². The van der Waals surface area contributed by atoms with Crippen molar-refractivity contribution in [2.45, 2.75) is 12.8 Å². The average molecular weight is 857 g/mol. The van der Waals surface area contributed by atoms with Crippen LogP contribution in [0.3, 0.4) is 0 Å². The molecule has 2 aliphatic rings. The van der Waals surface area contributed by atoms with Crippen molar-refractivity contribution in [1.82, 2.24) is 19.9 Å². The number of hydrogen-bond acceptors (Lipinski definition) is 8. The van der Waals surface area contributed by atoms with Crippen LogP contribution in [0, 0.1) is 0 Å². The molecule has 5 aromatic rings. The molecule has 0 saturated heterocycles. The summed E-state index contributed by atoms with van der Waals surface area (Å²) in [4.78, 5) is 17.5. The fourth-order valence-corrected chi connectivity index (χ4v) is 7.06. The van der Waals surface area contributed by atoms with Gasteiger partial charge in [0.2, 0.25) is 0 Å². The normalized spacial score (nSPS) is 12.1. The summed E-state index contributed by atoms with van der Waals surface area (Å²) in [5, 5.41) is 17.9. The monoisotopic (exact) mass is 854 g/mol. The van der Waals surface area contributed by atoms with E-state index in [1.807, 2.05) is 85.0 Å². The minimum Gasteiger partial charge on any atom is -0.491 e. The molecule has 5 heterocycles. The first-order valence-electron chi connectivity index (χ1n) is 17.8. The molecule has 54 heavy (non-hydrogen) atoms. The number of benzene rings is 2. The minimum absolute atomic E-state index is 0.115. The molecule has 0 fully saturated rings. The largest absolute Gasteiger partial charge is 0.491 e. The van der Waals surface area contributed by atoms with E-state index >= 15 is 0 Å². The SMILES string of the molecule is OCCCOCCOc1ccc(-c2c3nc(c(Br)c4ccc([nH]4)c(-c4ccc(OCCOCCCO)cc4)c4nc(c(Br)c5ccc2[nH]5)C=C4)C=C3)cc1. The molecule has 8 bridgehead atoms. The maximum absolute atomic E-state index is 8.94. The molecular formula is C42H40Br2N4O6. The van der Waals surface area contributed by atoms with E-state index in [1.165, 1.54) is 0 Å². The van der Waals surface area contributed by atoms with Gasteiger partial charge in [-0.3, -0.25) is 0 Å². The van der Waals surface area contributed by atoms with Crippen LogP contribution in [0.5, 0.6) is 11.5 Å². The zero-order valence-corrected chi connectivity index (χ0v) is 32.7. The number of rotatable bonds is 16. The van der Waals surface area contributed by atoms with Gasteiger partial charge in [-0.25, -0.2) is 9.97 Å². The van der Waals surface area contributed by atoms with Gasteiger partial charge in [0.25, 0.3) is 0 Å². The van der Waals surface area contributed by atoms with Gasteiger partial charge >= 0.3 is 0 Å². The fraction of sp³-hybridized carbons (Fsp3) is 0.238. The maximum Gasteiger partial charge on any atom is 0.119 e. The molecule has 0 aliphatic carbocycles. The van der Waals surface area contributed by atoms with Crippen LogP contribution in [0.2, 0.25) is 0 Å². The van der Waals surface area contributed by atoms with Crippen LogP contribution in [0.4, 0.5) is 0 Å². The van der Waals surface area contributed by atoms with Gasteiger partial charge in [0.1, 0.15) is 24.7 Å². The van der Waals surface area contributed by atoms with Crippen molar-refractivity contribution < 1.29 is 29.2 Å². The molecule has 278 valence electrons. The number of aliphatic hydroxyl groups excluding tert-OH is 2. The third-order valence-corrected chi connectivity index (χ3v) is 10.5. The summed E-state index contributed by atoms with van der Waals surface area (Å²) in [6.45, 7) is 3.00. The van der Waals surface area contributed by atoms with Gasteiger partial charge in [0, 0.05) is 48.6 Å². The van der Waals surface area contributed by atoms with E-state index in [1.54, 1.807) is 0 Å². The lowest BCUT2D eigenvalue weighted by molar-refractivity contribution is 0.0882. The Balaban J connectivity index is 1.28. The molecule has 0 saturated carbocycles. The predicted molar refractivity (Wildman–Crippen MR) is 221 cm³/mol. The second-order valence-corrected chi connectivity index (χ2v) is 14.1. The molecule has 0 unspecified atom stereocenters. The van der Waals surface area contributed by atoms with E-state index in [2.05, 4.69) is 54.0 Å². The number of fused-ring (bicyclic) bond motifs is 8. The fourth-order valence-electron chi connectivity index (χ4n) is 6.15. The highest BCUT2D eigenvalue weighted by molar-refractivity contribution is 9.11. The van der Waals surface area contributed by atoms with Crippen molar-refractivity contribution in [3.05, 3.63) is 105 Å². The Hall–Kier alpha value is -4.56. The van der Waals surface area contributed by atoms with Crippen molar-refractivity contribution in [3.8, 4) is 33.8 Å². The van der Waals surface area contributed by atoms with Crippen LogP contribution >= 0.6 is 31.9 Å². The molecule has 4 N–H and O–H groups in total. The van der Waals surface area contributed by atoms with Gasteiger partial charge < -0.3 is 39.1 Å². The highest BCUT2D eigenvalue weighted by Crippen LogP contribution is 2.36. The van der Waals surface area contributed by atoms with Gasteiger partial charge in [0.15, 0.2) is 0 Å². The lowest BCUT2D eigenvalue weighted by Crippen LogP contribution is -2.08. The summed E-state index contributed by atoms with van der Waals surface area (Å²) >= 11 is 7.71. The Kier molecular flexibility index (Phi) is 12.7. The van der Waals surface area contributed by atoms with Crippen molar-refractivity contribution in [1.29, 1.82) is 0 Å². The first-order valence-corrected chi connectivity index (χ1v) is 19.4. The van der Waals surface area contributed by atoms with Crippen LogP contribution in [0.15, 0.2) is 81.7 Å². The first-order chi connectivity index (χ1) is 26.5. The zero-order chi connectivity index (χ0) is 37.3. The third kappa shape index (κ3) is 8.86. The molecule has 3 aromatic heterocycles. The Morgan fingerprint density at radius 2 is 0.852 bits per heavy atom. The van der Waals surface area contributed by atoms with Gasteiger partial charge in [-0.05, 0) is 129 Å². The predicted octanol–water partition coefficient (Wildman–Crippen LogP) is 9.07. The Bertz CT molecular complexity index is 2140. The number of hydrogen-bond donors (Lipinski definition) is 4. The van der Waals surface area contributed by atoms with E-state index in [4.69, 9.17) is 39.1 Å². The number of aliphatic hydroxyl groups is 2. The standard InChI is InChI=1S/C42H40Br2N4O6/c43-41-35-15-11-31(45-35)39(27-3-7-29(8-4-27)53-25-23-51-21-1-19-49)32-12-16-36(46-32)42(44)38-18-14-34(48-38)40(33-13-17-37(41)47-33)28-5-9-30(10-6-28)54-26-24-52-22-2-20-50/h3-18,45,48-50H,1-2,19-26H2. The zero-order valence-electron chi connectivity index (χ0n) is 29.5. The number of nitrogens with one attached hydrogen (secondary N) is 2. The van der Waals surface area contributed by atoms with Gasteiger partial charge in [0.05, 0.1) is 56.0 Å². The number of aromatic nitrogens is 4. The van der Waals surface area contributed by atoms with Gasteiger partial charge in [-0.1, -0.05) is 24.3 Å². The summed E-state index contributed by atoms with van der Waals surface area (Å²) in [6.07, 6.45) is 9.33. The Morgan fingerprint density at radius 1 is 0.463 bits per heavy atom. The van der Waals surface area contributed by atoms with Crippen molar-refractivity contribution in [3.63, 3.8) is 0 Å². The summed E-state index contributed by atoms with van der Waals surface area (Å²) in [7, 11) is 0. The molecule has 0 spiro atoms. The molecule has 12 heteroatoms. The number of nitrogens with zero attached hydrogens (tertiary/aromatic N) is 2. The van der Waals surface area contributed by atoms with Crippen LogP contribution in [0.1, 0.15) is 35.6 Å². The minimum atomic E-state index is 0.115. The quantitative estimate of drug-likeness (QED) is 0.0708. The Labute approximate surface area is 329 Å².